The molecule has 0 aliphatic carbocycles. The second-order valence-electron chi connectivity index (χ2n) is 4.21. The van der Waals surface area contributed by atoms with E-state index in [0.29, 0.717) is 17.7 Å². The Balaban J connectivity index is 2.11. The molecule has 2 rings (SSSR count). The van der Waals surface area contributed by atoms with Crippen molar-refractivity contribution >= 4 is 46.0 Å². The van der Waals surface area contributed by atoms with E-state index in [1.165, 1.54) is 0 Å². The zero-order valence-corrected chi connectivity index (χ0v) is 12.1. The van der Waals surface area contributed by atoms with Crippen molar-refractivity contribution in [3.8, 4) is 0 Å². The minimum absolute atomic E-state index is 0.221. The normalized spacial score (nSPS) is 18.9. The molecule has 1 saturated heterocycles. The van der Waals surface area contributed by atoms with Gasteiger partial charge in [0.05, 0.1) is 5.56 Å². The Hall–Kier alpha value is -1.64. The topological polar surface area (TPSA) is 101 Å². The molecule has 3 amide bonds. The molecule has 1 fully saturated rings. The monoisotopic (exact) mass is 373 g/mol. The van der Waals surface area contributed by atoms with Crippen molar-refractivity contribution in [1.82, 2.24) is 10.6 Å². The number of nitrogens with two attached hydrogens (primary N) is 1. The van der Waals surface area contributed by atoms with E-state index in [4.69, 9.17) is 5.73 Å². The molecule has 0 aromatic heterocycles. The van der Waals surface area contributed by atoms with Gasteiger partial charge >= 0.3 is 0 Å². The van der Waals surface area contributed by atoms with Crippen LogP contribution in [0.2, 0.25) is 0 Å². The summed E-state index contributed by atoms with van der Waals surface area (Å²) in [6.45, 7) is 0. The number of hydrogen-bond donors (Lipinski definition) is 3. The fraction of sp³-hybridized carbons (Fsp3) is 0.250. The smallest absolute Gasteiger partial charge is 0.254 e. The quantitative estimate of drug-likeness (QED) is 0.397. The van der Waals surface area contributed by atoms with Gasteiger partial charge in [0.15, 0.2) is 0 Å². The number of carbonyl (C=O) groups is 3. The summed E-state index contributed by atoms with van der Waals surface area (Å²) in [4.78, 5) is 34.6. The Kier molecular flexibility index (Phi) is 4.03. The van der Waals surface area contributed by atoms with Crippen molar-refractivity contribution in [2.24, 2.45) is 0 Å². The zero-order valence-electron chi connectivity index (χ0n) is 9.90. The van der Waals surface area contributed by atoms with Crippen LogP contribution in [0, 0.1) is 3.57 Å². The number of halogens is 1. The Morgan fingerprint density at radius 2 is 2.16 bits per heavy atom. The maximum Gasteiger partial charge on any atom is 0.254 e. The fourth-order valence-electron chi connectivity index (χ4n) is 1.79. The Morgan fingerprint density at radius 1 is 1.42 bits per heavy atom. The lowest BCUT2D eigenvalue weighted by Gasteiger charge is -2.22. The second-order valence-corrected chi connectivity index (χ2v) is 5.45. The van der Waals surface area contributed by atoms with Crippen molar-refractivity contribution in [1.29, 1.82) is 0 Å². The molecule has 4 N–H and O–H groups in total. The lowest BCUT2D eigenvalue weighted by atomic mass is 10.1. The van der Waals surface area contributed by atoms with Gasteiger partial charge in [-0.3, -0.25) is 19.7 Å². The Labute approximate surface area is 123 Å². The average molecular weight is 373 g/mol. The van der Waals surface area contributed by atoms with Gasteiger partial charge in [0.2, 0.25) is 11.8 Å². The molecule has 1 heterocycles. The van der Waals surface area contributed by atoms with E-state index in [1.54, 1.807) is 18.2 Å². The number of piperidine rings is 1. The first-order chi connectivity index (χ1) is 8.97. The van der Waals surface area contributed by atoms with Crippen LogP contribution in [-0.2, 0) is 9.59 Å². The first-order valence-electron chi connectivity index (χ1n) is 5.67. The molecule has 0 radical (unpaired) electrons. The van der Waals surface area contributed by atoms with Crippen molar-refractivity contribution in [2.45, 2.75) is 18.9 Å². The van der Waals surface area contributed by atoms with E-state index in [2.05, 4.69) is 33.2 Å². The van der Waals surface area contributed by atoms with Crippen LogP contribution in [0.5, 0.6) is 0 Å². The number of imide groups is 1. The number of nitrogens with one attached hydrogen (secondary N) is 2. The minimum Gasteiger partial charge on any atom is -0.398 e. The average Bonchev–Trinajstić information content (AvgIpc) is 2.35. The van der Waals surface area contributed by atoms with E-state index in [1.807, 2.05) is 0 Å². The molecule has 0 bridgehead atoms. The van der Waals surface area contributed by atoms with Gasteiger partial charge < -0.3 is 11.1 Å². The van der Waals surface area contributed by atoms with Crippen LogP contribution in [0.15, 0.2) is 18.2 Å². The molecule has 1 unspecified atom stereocenters. The molecular formula is C12H12IN3O3. The molecule has 0 spiro atoms. The maximum absolute atomic E-state index is 12.1. The summed E-state index contributed by atoms with van der Waals surface area (Å²) in [5.41, 5.74) is 6.42. The van der Waals surface area contributed by atoms with Crippen LogP contribution in [0.4, 0.5) is 5.69 Å². The van der Waals surface area contributed by atoms with E-state index >= 15 is 0 Å². The molecule has 1 aromatic carbocycles. The van der Waals surface area contributed by atoms with Crippen LogP contribution in [0.3, 0.4) is 0 Å². The highest BCUT2D eigenvalue weighted by Crippen LogP contribution is 2.16. The van der Waals surface area contributed by atoms with Crippen LogP contribution >= 0.6 is 22.6 Å². The summed E-state index contributed by atoms with van der Waals surface area (Å²) < 4.78 is 0.875. The Bertz CT molecular complexity index is 559. The molecule has 1 aliphatic heterocycles. The molecule has 1 aliphatic rings. The summed E-state index contributed by atoms with van der Waals surface area (Å²) in [7, 11) is 0. The third-order valence-electron chi connectivity index (χ3n) is 2.80. The lowest BCUT2D eigenvalue weighted by Crippen LogP contribution is -2.52. The maximum atomic E-state index is 12.1. The van der Waals surface area contributed by atoms with Gasteiger partial charge in [0.25, 0.3) is 5.91 Å². The number of amides is 3. The summed E-state index contributed by atoms with van der Waals surface area (Å²) in [6, 6.07) is 4.39. The van der Waals surface area contributed by atoms with Crippen molar-refractivity contribution < 1.29 is 14.4 Å². The highest BCUT2D eigenvalue weighted by molar-refractivity contribution is 14.1. The van der Waals surface area contributed by atoms with Crippen molar-refractivity contribution in [2.75, 3.05) is 5.73 Å². The van der Waals surface area contributed by atoms with Gasteiger partial charge in [-0.05, 0) is 47.2 Å². The molecule has 0 saturated carbocycles. The molecule has 19 heavy (non-hydrogen) atoms. The summed E-state index contributed by atoms with van der Waals surface area (Å²) in [6.07, 6.45) is 0.527. The predicted molar refractivity (Wildman–Crippen MR) is 77.2 cm³/mol. The molecule has 1 atom stereocenters. The second kappa shape index (κ2) is 5.55. The van der Waals surface area contributed by atoms with Gasteiger partial charge in [-0.25, -0.2) is 0 Å². The number of benzene rings is 1. The van der Waals surface area contributed by atoms with E-state index < -0.39 is 17.9 Å². The highest BCUT2D eigenvalue weighted by atomic mass is 127. The first kappa shape index (κ1) is 13.8. The van der Waals surface area contributed by atoms with Crippen LogP contribution in [0.25, 0.3) is 0 Å². The molecule has 7 heteroatoms. The van der Waals surface area contributed by atoms with Crippen LogP contribution in [-0.4, -0.2) is 23.8 Å². The minimum atomic E-state index is -0.692. The van der Waals surface area contributed by atoms with Gasteiger partial charge in [-0.1, -0.05) is 0 Å². The van der Waals surface area contributed by atoms with Gasteiger partial charge in [0, 0.05) is 15.7 Å². The number of anilines is 1. The van der Waals surface area contributed by atoms with E-state index in [-0.39, 0.29) is 12.3 Å². The number of carbonyl (C=O) groups excluding carboxylic acids is 3. The third-order valence-corrected chi connectivity index (χ3v) is 3.48. The summed E-state index contributed by atoms with van der Waals surface area (Å²) in [5, 5.41) is 4.77. The first-order valence-corrected chi connectivity index (χ1v) is 6.75. The van der Waals surface area contributed by atoms with Gasteiger partial charge in [0.1, 0.15) is 6.04 Å². The summed E-state index contributed by atoms with van der Waals surface area (Å²) in [5.74, 6) is -1.21. The number of hydrogen-bond acceptors (Lipinski definition) is 4. The lowest BCUT2D eigenvalue weighted by molar-refractivity contribution is -0.134. The van der Waals surface area contributed by atoms with Crippen molar-refractivity contribution in [3.63, 3.8) is 0 Å². The molecule has 6 nitrogen and oxygen atoms in total. The third kappa shape index (κ3) is 3.22. The zero-order chi connectivity index (χ0) is 14.0. The number of rotatable bonds is 2. The van der Waals surface area contributed by atoms with E-state index in [0.717, 1.165) is 3.57 Å². The molecular weight excluding hydrogens is 361 g/mol. The molecule has 100 valence electrons. The Morgan fingerprint density at radius 3 is 2.84 bits per heavy atom. The van der Waals surface area contributed by atoms with Crippen molar-refractivity contribution in [3.05, 3.63) is 27.3 Å². The largest absolute Gasteiger partial charge is 0.398 e. The fourth-order valence-corrected chi connectivity index (χ4v) is 2.28. The number of nitrogen functional groups attached to an aromatic ring is 1. The van der Waals surface area contributed by atoms with Crippen LogP contribution < -0.4 is 16.4 Å². The predicted octanol–water partition coefficient (Wildman–Crippen LogP) is 0.408. The van der Waals surface area contributed by atoms with Gasteiger partial charge in [-0.15, -0.1) is 0 Å². The van der Waals surface area contributed by atoms with Crippen LogP contribution in [0.1, 0.15) is 23.2 Å². The molecule has 1 aromatic rings. The van der Waals surface area contributed by atoms with Gasteiger partial charge in [-0.2, -0.15) is 0 Å². The highest BCUT2D eigenvalue weighted by Gasteiger charge is 2.28. The standard InChI is InChI=1S/C12H12IN3O3/c13-6-1-2-8(14)7(5-6)11(18)15-9-3-4-10(17)16-12(9)19/h1-2,5,9H,3-4,14H2,(H,15,18)(H,16,17,19). The summed E-state index contributed by atoms with van der Waals surface area (Å²) >= 11 is 2.07. The SMILES string of the molecule is Nc1ccc(I)cc1C(=O)NC1CCC(=O)NC1=O. The van der Waals surface area contributed by atoms with E-state index in [9.17, 15) is 14.4 Å².